The largest absolute Gasteiger partial charge is 0.381 e. The van der Waals surface area contributed by atoms with E-state index in [1.807, 2.05) is 30.3 Å². The van der Waals surface area contributed by atoms with Gasteiger partial charge in [-0.2, -0.15) is 0 Å². The molecule has 130 valence electrons. The van der Waals surface area contributed by atoms with Crippen LogP contribution in [0.25, 0.3) is 0 Å². The third-order valence-corrected chi connectivity index (χ3v) is 4.49. The van der Waals surface area contributed by atoms with Gasteiger partial charge < -0.3 is 9.84 Å². The Morgan fingerprint density at radius 2 is 2.04 bits per heavy atom. The zero-order valence-corrected chi connectivity index (χ0v) is 14.5. The Balaban J connectivity index is 1.83. The summed E-state index contributed by atoms with van der Waals surface area (Å²) in [6.45, 7) is 2.20. The van der Waals surface area contributed by atoms with Gasteiger partial charge in [-0.05, 0) is 43.7 Å². The molecule has 1 aromatic rings. The summed E-state index contributed by atoms with van der Waals surface area (Å²) >= 11 is 0. The highest BCUT2D eigenvalue weighted by Crippen LogP contribution is 2.25. The minimum atomic E-state index is -1.14. The Morgan fingerprint density at radius 3 is 2.79 bits per heavy atom. The fourth-order valence-corrected chi connectivity index (χ4v) is 3.07. The van der Waals surface area contributed by atoms with Gasteiger partial charge in [-0.25, -0.2) is 0 Å². The molecule has 3 nitrogen and oxygen atoms in total. The molecule has 0 unspecified atom stereocenters. The zero-order chi connectivity index (χ0) is 17.2. The number of Topliss-reactive ketones (excluding diaryl/α,β-unsaturated/α-hetero) is 1. The fraction of sp³-hybridized carbons (Fsp3) is 0.571. The van der Waals surface area contributed by atoms with Crippen LogP contribution in [0.1, 0.15) is 63.9 Å². The number of aliphatic hydroxyl groups is 1. The molecule has 1 aromatic carbocycles. The average Bonchev–Trinajstić information content (AvgIpc) is 2.64. The zero-order valence-electron chi connectivity index (χ0n) is 14.5. The van der Waals surface area contributed by atoms with Gasteiger partial charge in [0.05, 0.1) is 12.2 Å². The molecule has 0 spiro atoms. The van der Waals surface area contributed by atoms with Gasteiger partial charge in [0.2, 0.25) is 5.78 Å². The van der Waals surface area contributed by atoms with Gasteiger partial charge in [-0.15, -0.1) is 0 Å². The second-order valence-corrected chi connectivity index (χ2v) is 6.50. The maximum absolute atomic E-state index is 12.1. The molecule has 1 saturated heterocycles. The SMILES string of the molecule is CCCCCC[C@H]1CCC[C@H]([C@@H](O)C(=O)C#Cc2ccccc2)O1. The molecule has 1 N–H and O–H groups in total. The van der Waals surface area contributed by atoms with Crippen LogP contribution in [0, 0.1) is 11.8 Å². The van der Waals surface area contributed by atoms with Crippen molar-refractivity contribution in [2.45, 2.75) is 76.6 Å². The average molecular weight is 328 g/mol. The molecule has 24 heavy (non-hydrogen) atoms. The van der Waals surface area contributed by atoms with Crippen LogP contribution in [0.4, 0.5) is 0 Å². The lowest BCUT2D eigenvalue weighted by atomic mass is 9.95. The number of rotatable bonds is 7. The molecule has 3 heteroatoms. The molecule has 0 aliphatic carbocycles. The lowest BCUT2D eigenvalue weighted by Gasteiger charge is -2.32. The number of carbonyl (C=O) groups excluding carboxylic acids is 1. The number of hydrogen-bond donors (Lipinski definition) is 1. The van der Waals surface area contributed by atoms with E-state index in [0.717, 1.165) is 37.7 Å². The van der Waals surface area contributed by atoms with Crippen LogP contribution in [0.15, 0.2) is 30.3 Å². The molecule has 1 aliphatic heterocycles. The number of carbonyl (C=O) groups is 1. The molecule has 1 fully saturated rings. The van der Waals surface area contributed by atoms with E-state index < -0.39 is 18.0 Å². The normalized spacial score (nSPS) is 21.6. The first kappa shape index (κ1) is 18.7. The van der Waals surface area contributed by atoms with Crippen molar-refractivity contribution >= 4 is 5.78 Å². The highest BCUT2D eigenvalue weighted by Gasteiger charge is 2.31. The van der Waals surface area contributed by atoms with Gasteiger partial charge >= 0.3 is 0 Å². The molecule has 1 heterocycles. The topological polar surface area (TPSA) is 46.5 Å². The predicted molar refractivity (Wildman–Crippen MR) is 95.6 cm³/mol. The second-order valence-electron chi connectivity index (χ2n) is 6.50. The maximum Gasteiger partial charge on any atom is 0.236 e. The minimum Gasteiger partial charge on any atom is -0.381 e. The quantitative estimate of drug-likeness (QED) is 0.610. The highest BCUT2D eigenvalue weighted by atomic mass is 16.5. The molecule has 3 atom stereocenters. The molecule has 0 bridgehead atoms. The summed E-state index contributed by atoms with van der Waals surface area (Å²) in [6, 6.07) is 9.33. The van der Waals surface area contributed by atoms with Gasteiger partial charge in [0.1, 0.15) is 0 Å². The Morgan fingerprint density at radius 1 is 1.25 bits per heavy atom. The van der Waals surface area contributed by atoms with E-state index in [0.29, 0.717) is 0 Å². The predicted octanol–water partition coefficient (Wildman–Crippen LogP) is 3.88. The van der Waals surface area contributed by atoms with Crippen LogP contribution in [0.2, 0.25) is 0 Å². The van der Waals surface area contributed by atoms with Crippen LogP contribution in [0.3, 0.4) is 0 Å². The third kappa shape index (κ3) is 6.11. The Labute approximate surface area is 145 Å². The van der Waals surface area contributed by atoms with Crippen LogP contribution < -0.4 is 0 Å². The lowest BCUT2D eigenvalue weighted by molar-refractivity contribution is -0.141. The van der Waals surface area contributed by atoms with Gasteiger partial charge in [0, 0.05) is 5.56 Å². The summed E-state index contributed by atoms with van der Waals surface area (Å²) in [5.41, 5.74) is 0.774. The van der Waals surface area contributed by atoms with Crippen molar-refractivity contribution < 1.29 is 14.6 Å². The van der Waals surface area contributed by atoms with Crippen molar-refractivity contribution in [3.8, 4) is 11.8 Å². The second kappa shape index (κ2) is 10.3. The van der Waals surface area contributed by atoms with Crippen LogP contribution in [0.5, 0.6) is 0 Å². The Kier molecular flexibility index (Phi) is 8.01. The van der Waals surface area contributed by atoms with Crippen molar-refractivity contribution in [1.29, 1.82) is 0 Å². The fourth-order valence-electron chi connectivity index (χ4n) is 3.07. The van der Waals surface area contributed by atoms with Crippen molar-refractivity contribution in [2.75, 3.05) is 0 Å². The number of hydrogen-bond acceptors (Lipinski definition) is 3. The van der Waals surface area contributed by atoms with E-state index in [4.69, 9.17) is 4.74 Å². The van der Waals surface area contributed by atoms with E-state index in [2.05, 4.69) is 18.8 Å². The minimum absolute atomic E-state index is 0.171. The van der Waals surface area contributed by atoms with Crippen LogP contribution in [-0.2, 0) is 9.53 Å². The summed E-state index contributed by atoms with van der Waals surface area (Å²) in [4.78, 5) is 12.1. The highest BCUT2D eigenvalue weighted by molar-refractivity contribution is 5.99. The van der Waals surface area contributed by atoms with Crippen molar-refractivity contribution in [1.82, 2.24) is 0 Å². The van der Waals surface area contributed by atoms with E-state index in [1.54, 1.807) is 0 Å². The van der Waals surface area contributed by atoms with Crippen molar-refractivity contribution in [3.63, 3.8) is 0 Å². The van der Waals surface area contributed by atoms with E-state index in [1.165, 1.54) is 19.3 Å². The summed E-state index contributed by atoms with van der Waals surface area (Å²) in [7, 11) is 0. The van der Waals surface area contributed by atoms with Gasteiger partial charge in [0.25, 0.3) is 0 Å². The molecule has 1 aliphatic rings. The Bertz CT molecular complexity index is 555. The van der Waals surface area contributed by atoms with Crippen molar-refractivity contribution in [3.05, 3.63) is 35.9 Å². The number of ether oxygens (including phenoxy) is 1. The molecule has 0 amide bonds. The first-order chi connectivity index (χ1) is 11.7. The van der Waals surface area contributed by atoms with Crippen LogP contribution >= 0.6 is 0 Å². The molecular weight excluding hydrogens is 300 g/mol. The lowest BCUT2D eigenvalue weighted by Crippen LogP contribution is -2.40. The number of unbranched alkanes of at least 4 members (excludes halogenated alkanes) is 3. The van der Waals surface area contributed by atoms with E-state index in [-0.39, 0.29) is 6.10 Å². The Hall–Kier alpha value is -1.63. The first-order valence-electron chi connectivity index (χ1n) is 9.15. The van der Waals surface area contributed by atoms with Gasteiger partial charge in [0.15, 0.2) is 6.10 Å². The molecule has 2 rings (SSSR count). The molecule has 0 saturated carbocycles. The molecular formula is C21H28O3. The third-order valence-electron chi connectivity index (χ3n) is 4.49. The van der Waals surface area contributed by atoms with Crippen molar-refractivity contribution in [2.24, 2.45) is 0 Å². The molecule has 0 aromatic heterocycles. The smallest absolute Gasteiger partial charge is 0.236 e. The number of aliphatic hydroxyl groups excluding tert-OH is 1. The van der Waals surface area contributed by atoms with E-state index >= 15 is 0 Å². The van der Waals surface area contributed by atoms with Gasteiger partial charge in [-0.1, -0.05) is 56.7 Å². The summed E-state index contributed by atoms with van der Waals surface area (Å²) in [6.07, 6.45) is 7.26. The van der Waals surface area contributed by atoms with Crippen LogP contribution in [-0.4, -0.2) is 29.2 Å². The number of benzene rings is 1. The standard InChI is InChI=1S/C21H28O3/c1-2-3-4-8-12-18-13-9-14-20(24-18)21(23)19(22)16-15-17-10-6-5-7-11-17/h5-7,10-11,18,20-21,23H,2-4,8-9,12-14H2,1H3/t18-,20+,21-/m0/s1. The summed E-state index contributed by atoms with van der Waals surface area (Å²) in [5, 5.41) is 10.3. The number of ketones is 1. The maximum atomic E-state index is 12.1. The van der Waals surface area contributed by atoms with Gasteiger partial charge in [-0.3, -0.25) is 4.79 Å². The van der Waals surface area contributed by atoms with E-state index in [9.17, 15) is 9.90 Å². The summed E-state index contributed by atoms with van der Waals surface area (Å²) in [5.74, 6) is 4.91. The monoisotopic (exact) mass is 328 g/mol. The first-order valence-corrected chi connectivity index (χ1v) is 9.15. The molecule has 0 radical (unpaired) electrons. The summed E-state index contributed by atoms with van der Waals surface area (Å²) < 4.78 is 5.96.